The Hall–Kier alpha value is -6.13. The summed E-state index contributed by atoms with van der Waals surface area (Å²) in [6, 6.07) is 20.5. The van der Waals surface area contributed by atoms with Gasteiger partial charge in [0, 0.05) is 75.4 Å². The SMILES string of the molecule is COc1ccccc1-c1nccc(COc2ccccc2C[C@@H](Oc2nsc3cnc(-c4cnn(CC(C)C)c4)c(-c4ccc(OCCN5CCN(C)CC5)c(Cl)c4C)c23)C(=O)O)n1. The summed E-state index contributed by atoms with van der Waals surface area (Å²) in [5, 5.41) is 16.4. The first-order chi connectivity index (χ1) is 31.1. The van der Waals surface area contributed by atoms with Crippen LogP contribution in [0.1, 0.15) is 30.7 Å². The van der Waals surface area contributed by atoms with Gasteiger partial charge in [0.25, 0.3) is 0 Å². The van der Waals surface area contributed by atoms with Crippen molar-refractivity contribution >= 4 is 39.2 Å². The molecule has 3 aromatic carbocycles. The molecule has 1 atom stereocenters. The number of aromatic nitrogens is 6. The van der Waals surface area contributed by atoms with E-state index in [1.54, 1.807) is 37.8 Å². The smallest absolute Gasteiger partial charge is 0.345 e. The number of benzene rings is 3. The van der Waals surface area contributed by atoms with Crippen LogP contribution in [0.5, 0.6) is 23.1 Å². The van der Waals surface area contributed by atoms with Crippen LogP contribution in [0.2, 0.25) is 5.02 Å². The highest BCUT2D eigenvalue weighted by atomic mass is 35.5. The zero-order valence-electron chi connectivity index (χ0n) is 36.5. The van der Waals surface area contributed by atoms with E-state index < -0.39 is 12.1 Å². The summed E-state index contributed by atoms with van der Waals surface area (Å²) < 4.78 is 31.9. The number of rotatable bonds is 18. The van der Waals surface area contributed by atoms with E-state index in [-0.39, 0.29) is 18.9 Å². The van der Waals surface area contributed by atoms with Gasteiger partial charge in [-0.05, 0) is 78.4 Å². The number of methoxy groups -OCH3 is 1. The number of nitrogens with zero attached hydrogens (tertiary/aromatic N) is 8. The minimum Gasteiger partial charge on any atom is -0.496 e. The quantitative estimate of drug-likeness (QED) is 0.0877. The average molecular weight is 904 g/mol. The molecule has 5 heterocycles. The van der Waals surface area contributed by atoms with E-state index in [9.17, 15) is 9.90 Å². The van der Waals surface area contributed by atoms with Crippen molar-refractivity contribution in [1.29, 1.82) is 0 Å². The first-order valence-corrected chi connectivity index (χ1v) is 22.4. The third-order valence-electron chi connectivity index (χ3n) is 11.2. The number of carbonyl (C=O) groups is 1. The van der Waals surface area contributed by atoms with Crippen molar-refractivity contribution in [2.45, 2.75) is 46.4 Å². The van der Waals surface area contributed by atoms with Crippen LogP contribution in [0.3, 0.4) is 0 Å². The lowest BCUT2D eigenvalue weighted by Crippen LogP contribution is -2.45. The summed E-state index contributed by atoms with van der Waals surface area (Å²) in [7, 11) is 3.75. The molecule has 1 fully saturated rings. The van der Waals surface area contributed by atoms with Gasteiger partial charge < -0.3 is 29.0 Å². The van der Waals surface area contributed by atoms with Gasteiger partial charge in [-0.1, -0.05) is 61.8 Å². The van der Waals surface area contributed by atoms with E-state index in [0.717, 1.165) is 66.2 Å². The molecule has 7 aromatic rings. The maximum absolute atomic E-state index is 13.1. The lowest BCUT2D eigenvalue weighted by molar-refractivity contribution is -0.145. The Kier molecular flexibility index (Phi) is 14.0. The van der Waals surface area contributed by atoms with Gasteiger partial charge in [0.15, 0.2) is 5.82 Å². The molecule has 0 saturated carbocycles. The van der Waals surface area contributed by atoms with Gasteiger partial charge in [-0.3, -0.25) is 14.6 Å². The van der Waals surface area contributed by atoms with Crippen LogP contribution in [0.4, 0.5) is 0 Å². The molecule has 332 valence electrons. The zero-order valence-corrected chi connectivity index (χ0v) is 38.1. The molecule has 14 nitrogen and oxygen atoms in total. The van der Waals surface area contributed by atoms with Crippen molar-refractivity contribution < 1.29 is 28.8 Å². The van der Waals surface area contributed by atoms with Gasteiger partial charge >= 0.3 is 5.97 Å². The lowest BCUT2D eigenvalue weighted by Gasteiger charge is -2.32. The highest BCUT2D eigenvalue weighted by molar-refractivity contribution is 7.13. The molecule has 0 amide bonds. The number of carboxylic acid groups (broad SMARTS) is 1. The molecular formula is C48H51ClN8O6S. The van der Waals surface area contributed by atoms with Gasteiger partial charge in [-0.15, -0.1) is 0 Å². The fraction of sp³-hybridized carbons (Fsp3) is 0.333. The molecule has 16 heteroatoms. The second-order valence-electron chi connectivity index (χ2n) is 16.2. The van der Waals surface area contributed by atoms with E-state index in [1.807, 2.05) is 72.4 Å². The maximum Gasteiger partial charge on any atom is 0.345 e. The molecule has 0 aliphatic carbocycles. The summed E-state index contributed by atoms with van der Waals surface area (Å²) in [4.78, 5) is 31.9. The number of aliphatic carboxylic acids is 1. The number of piperazine rings is 1. The highest BCUT2D eigenvalue weighted by Crippen LogP contribution is 2.46. The summed E-state index contributed by atoms with van der Waals surface area (Å²) in [6.45, 7) is 12.4. The van der Waals surface area contributed by atoms with Crippen molar-refractivity contribution in [2.75, 3.05) is 53.5 Å². The Morgan fingerprint density at radius 3 is 2.48 bits per heavy atom. The molecule has 64 heavy (non-hydrogen) atoms. The summed E-state index contributed by atoms with van der Waals surface area (Å²) in [5.74, 6) is 1.64. The number of halogens is 1. The Labute approximate surface area is 381 Å². The number of fused-ring (bicyclic) bond motifs is 1. The van der Waals surface area contributed by atoms with Crippen LogP contribution in [0, 0.1) is 12.8 Å². The number of hydrogen-bond acceptors (Lipinski definition) is 13. The van der Waals surface area contributed by atoms with E-state index in [4.69, 9.17) is 44.9 Å². The number of hydrogen-bond donors (Lipinski definition) is 1. The topological polar surface area (TPSA) is 150 Å². The maximum atomic E-state index is 13.1. The normalized spacial score (nSPS) is 13.9. The molecule has 1 aliphatic rings. The Morgan fingerprint density at radius 1 is 0.922 bits per heavy atom. The number of carboxylic acids is 1. The molecule has 1 N–H and O–H groups in total. The van der Waals surface area contributed by atoms with Crippen molar-refractivity contribution in [3.63, 3.8) is 0 Å². The second kappa shape index (κ2) is 20.1. The van der Waals surface area contributed by atoms with Crippen LogP contribution in [0.15, 0.2) is 91.5 Å². The van der Waals surface area contributed by atoms with Crippen LogP contribution in [-0.2, 0) is 24.4 Å². The van der Waals surface area contributed by atoms with Crippen LogP contribution in [0.25, 0.3) is 43.9 Å². The predicted octanol–water partition coefficient (Wildman–Crippen LogP) is 8.59. The van der Waals surface area contributed by atoms with Crippen molar-refractivity contribution in [1.82, 2.24) is 38.9 Å². The third-order valence-corrected chi connectivity index (χ3v) is 12.4. The van der Waals surface area contributed by atoms with Crippen LogP contribution in [-0.4, -0.2) is 110 Å². The number of likely N-dealkylation sites (N-methyl/N-ethyl adjacent to an activating group) is 1. The fourth-order valence-corrected chi connectivity index (χ4v) is 8.66. The minimum atomic E-state index is -1.33. The van der Waals surface area contributed by atoms with Crippen molar-refractivity contribution in [2.24, 2.45) is 5.92 Å². The van der Waals surface area contributed by atoms with Crippen molar-refractivity contribution in [3.05, 3.63) is 113 Å². The zero-order chi connectivity index (χ0) is 44.7. The molecule has 1 aliphatic heterocycles. The summed E-state index contributed by atoms with van der Waals surface area (Å²) >= 11 is 8.32. The van der Waals surface area contributed by atoms with Crippen LogP contribution < -0.4 is 18.9 Å². The summed E-state index contributed by atoms with van der Waals surface area (Å²) in [5.41, 5.74) is 5.73. The Balaban J connectivity index is 1.09. The molecule has 0 unspecified atom stereocenters. The molecule has 0 bridgehead atoms. The van der Waals surface area contributed by atoms with Gasteiger partial charge in [0.2, 0.25) is 12.0 Å². The van der Waals surface area contributed by atoms with Crippen LogP contribution >= 0.6 is 23.1 Å². The van der Waals surface area contributed by atoms with Gasteiger partial charge in [0.05, 0.1) is 45.4 Å². The molecular weight excluding hydrogens is 852 g/mol. The lowest BCUT2D eigenvalue weighted by atomic mass is 9.94. The monoisotopic (exact) mass is 902 g/mol. The van der Waals surface area contributed by atoms with E-state index in [1.165, 1.54) is 11.5 Å². The molecule has 0 spiro atoms. The highest BCUT2D eigenvalue weighted by Gasteiger charge is 2.28. The standard InChI is InChI=1S/C48H51ClN8O6S/c1-30(2)27-57-28-33(25-52-57)45-42(35-14-15-39(44(49)31(35)3)61-23-22-56-20-18-55(4)19-21-56)43-41(26-51-45)64-54-47(43)63-40(48(58)59)24-32-10-6-8-12-37(32)62-29-34-16-17-50-46(53-34)36-11-7-9-13-38(36)60-5/h6-17,25-26,28,30,40H,18-24,27,29H2,1-5H3,(H,58,59)/t40-/m1/s1. The van der Waals surface area contributed by atoms with E-state index in [2.05, 4.69) is 40.8 Å². The Bertz CT molecular complexity index is 2740. The number of para-hydroxylation sites is 2. The molecule has 0 radical (unpaired) electrons. The predicted molar refractivity (Wildman–Crippen MR) is 249 cm³/mol. The fourth-order valence-electron chi connectivity index (χ4n) is 7.75. The van der Waals surface area contributed by atoms with Gasteiger partial charge in [-0.25, -0.2) is 14.8 Å². The third kappa shape index (κ3) is 10.1. The average Bonchev–Trinajstić information content (AvgIpc) is 3.94. The summed E-state index contributed by atoms with van der Waals surface area (Å²) in [6.07, 6.45) is 5.85. The van der Waals surface area contributed by atoms with E-state index in [0.29, 0.717) is 68.5 Å². The largest absolute Gasteiger partial charge is 0.496 e. The number of pyridine rings is 1. The first-order valence-electron chi connectivity index (χ1n) is 21.3. The number of ether oxygens (including phenoxy) is 4. The molecule has 4 aromatic heterocycles. The first kappa shape index (κ1) is 44.5. The second-order valence-corrected chi connectivity index (χ2v) is 17.4. The van der Waals surface area contributed by atoms with E-state index >= 15 is 0 Å². The van der Waals surface area contributed by atoms with Gasteiger partial charge in [-0.2, -0.15) is 9.47 Å². The van der Waals surface area contributed by atoms with Gasteiger partial charge in [0.1, 0.15) is 30.5 Å². The molecule has 1 saturated heterocycles. The minimum absolute atomic E-state index is 0.0129. The molecule has 8 rings (SSSR count). The Morgan fingerprint density at radius 2 is 1.70 bits per heavy atom. The van der Waals surface area contributed by atoms with Crippen molar-refractivity contribution in [3.8, 4) is 56.9 Å².